The average molecular weight is 571 g/mol. The SMILES string of the molecule is CC(C)CN(CC(C)C)S(=O)(=O)c1ccc(C(=O)N(CCN(C)C)c2nc3ccc(F)cc3s2)cc1.Cl. The normalized spacial score (nSPS) is 12.1. The molecule has 204 valence electrons. The van der Waals surface area contributed by atoms with E-state index in [-0.39, 0.29) is 40.9 Å². The molecule has 0 atom stereocenters. The molecule has 0 bridgehead atoms. The van der Waals surface area contributed by atoms with Gasteiger partial charge in [0.2, 0.25) is 10.0 Å². The number of carbonyl (C=O) groups is 1. The summed E-state index contributed by atoms with van der Waals surface area (Å²) in [5.74, 6) is -0.273. The lowest BCUT2D eigenvalue weighted by Gasteiger charge is -2.26. The van der Waals surface area contributed by atoms with Crippen LogP contribution in [0.15, 0.2) is 47.4 Å². The average Bonchev–Trinajstić information content (AvgIpc) is 3.20. The van der Waals surface area contributed by atoms with E-state index < -0.39 is 10.0 Å². The van der Waals surface area contributed by atoms with Crippen molar-refractivity contribution in [3.05, 3.63) is 53.8 Å². The van der Waals surface area contributed by atoms with Crippen molar-refractivity contribution in [3.8, 4) is 0 Å². The summed E-state index contributed by atoms with van der Waals surface area (Å²) in [4.78, 5) is 21.8. The van der Waals surface area contributed by atoms with Crippen LogP contribution in [0.4, 0.5) is 9.52 Å². The minimum absolute atomic E-state index is 0. The molecule has 0 aliphatic heterocycles. The molecule has 1 heterocycles. The number of thiazole rings is 1. The summed E-state index contributed by atoms with van der Waals surface area (Å²) in [6, 6.07) is 10.4. The molecule has 11 heteroatoms. The van der Waals surface area contributed by atoms with Gasteiger partial charge in [0.05, 0.1) is 15.1 Å². The molecule has 0 saturated heterocycles. The maximum atomic E-state index is 13.7. The van der Waals surface area contributed by atoms with Gasteiger partial charge in [0.25, 0.3) is 5.91 Å². The summed E-state index contributed by atoms with van der Waals surface area (Å²) in [6.07, 6.45) is 0. The zero-order valence-corrected chi connectivity index (χ0v) is 24.6. The van der Waals surface area contributed by atoms with Crippen LogP contribution in [0.5, 0.6) is 0 Å². The van der Waals surface area contributed by atoms with E-state index in [0.29, 0.717) is 47.1 Å². The molecule has 0 radical (unpaired) electrons. The number of halogens is 2. The largest absolute Gasteiger partial charge is 0.308 e. The van der Waals surface area contributed by atoms with Crippen LogP contribution < -0.4 is 4.90 Å². The van der Waals surface area contributed by atoms with E-state index in [9.17, 15) is 17.6 Å². The van der Waals surface area contributed by atoms with E-state index in [4.69, 9.17) is 0 Å². The van der Waals surface area contributed by atoms with Crippen LogP contribution in [0.3, 0.4) is 0 Å². The minimum atomic E-state index is -3.69. The van der Waals surface area contributed by atoms with Gasteiger partial charge in [-0.15, -0.1) is 12.4 Å². The number of hydrogen-bond donors (Lipinski definition) is 0. The number of benzene rings is 2. The Kier molecular flexibility index (Phi) is 11.0. The first kappa shape index (κ1) is 31.1. The van der Waals surface area contributed by atoms with Crippen molar-refractivity contribution in [1.29, 1.82) is 0 Å². The van der Waals surface area contributed by atoms with Gasteiger partial charge in [0.1, 0.15) is 5.82 Å². The third-order valence-corrected chi connectivity index (χ3v) is 8.35. The fourth-order valence-electron chi connectivity index (χ4n) is 3.75. The molecule has 0 aliphatic rings. The second-order valence-corrected chi connectivity index (χ2v) is 12.9. The topological polar surface area (TPSA) is 73.8 Å². The van der Waals surface area contributed by atoms with Crippen molar-refractivity contribution in [2.24, 2.45) is 11.8 Å². The van der Waals surface area contributed by atoms with Crippen molar-refractivity contribution >= 4 is 55.0 Å². The molecule has 0 fully saturated rings. The third-order valence-electron chi connectivity index (χ3n) is 5.46. The Bertz CT molecular complexity index is 1280. The summed E-state index contributed by atoms with van der Waals surface area (Å²) in [5.41, 5.74) is 0.980. The van der Waals surface area contributed by atoms with E-state index in [2.05, 4.69) is 4.98 Å². The first-order chi connectivity index (χ1) is 16.9. The Labute approximate surface area is 229 Å². The number of anilines is 1. The first-order valence-corrected chi connectivity index (χ1v) is 14.3. The van der Waals surface area contributed by atoms with Crippen LogP contribution in [0.2, 0.25) is 0 Å². The molecule has 0 spiro atoms. The van der Waals surface area contributed by atoms with Crippen LogP contribution in [0.1, 0.15) is 38.1 Å². The second kappa shape index (κ2) is 13.1. The third kappa shape index (κ3) is 7.94. The Morgan fingerprint density at radius 1 is 0.973 bits per heavy atom. The molecule has 1 amide bonds. The molecule has 0 saturated carbocycles. The molecule has 0 N–H and O–H groups in total. The zero-order chi connectivity index (χ0) is 26.6. The van der Waals surface area contributed by atoms with E-state index in [1.807, 2.05) is 46.7 Å². The van der Waals surface area contributed by atoms with E-state index in [1.165, 1.54) is 39.9 Å². The first-order valence-electron chi connectivity index (χ1n) is 12.0. The molecule has 1 aromatic heterocycles. The molecule has 3 aromatic rings. The van der Waals surface area contributed by atoms with E-state index >= 15 is 0 Å². The van der Waals surface area contributed by atoms with E-state index in [0.717, 1.165) is 0 Å². The van der Waals surface area contributed by atoms with Crippen LogP contribution >= 0.6 is 23.7 Å². The van der Waals surface area contributed by atoms with Crippen molar-refractivity contribution in [1.82, 2.24) is 14.2 Å². The van der Waals surface area contributed by atoms with Crippen LogP contribution in [-0.2, 0) is 10.0 Å². The molecular weight excluding hydrogens is 535 g/mol. The maximum absolute atomic E-state index is 13.7. The van der Waals surface area contributed by atoms with Crippen LogP contribution in [0, 0.1) is 17.7 Å². The molecule has 7 nitrogen and oxygen atoms in total. The maximum Gasteiger partial charge on any atom is 0.260 e. The highest BCUT2D eigenvalue weighted by molar-refractivity contribution is 7.89. The smallest absolute Gasteiger partial charge is 0.260 e. The lowest BCUT2D eigenvalue weighted by molar-refractivity contribution is 0.0985. The minimum Gasteiger partial charge on any atom is -0.308 e. The number of likely N-dealkylation sites (N-methyl/N-ethyl adjacent to an activating group) is 1. The number of sulfonamides is 1. The summed E-state index contributed by atoms with van der Waals surface area (Å²) >= 11 is 1.25. The van der Waals surface area contributed by atoms with Crippen molar-refractivity contribution < 1.29 is 17.6 Å². The predicted octanol–water partition coefficient (Wildman–Crippen LogP) is 5.37. The van der Waals surface area contributed by atoms with Gasteiger partial charge in [-0.2, -0.15) is 4.31 Å². The number of aromatic nitrogens is 1. The number of carbonyl (C=O) groups excluding carboxylic acids is 1. The molecule has 3 rings (SSSR count). The fourth-order valence-corrected chi connectivity index (χ4v) is 6.53. The van der Waals surface area contributed by atoms with Crippen molar-refractivity contribution in [2.45, 2.75) is 32.6 Å². The molecule has 0 aliphatic carbocycles. The van der Waals surface area contributed by atoms with Gasteiger partial charge in [-0.3, -0.25) is 9.69 Å². The van der Waals surface area contributed by atoms with Crippen molar-refractivity contribution in [2.75, 3.05) is 45.2 Å². The van der Waals surface area contributed by atoms with Gasteiger partial charge < -0.3 is 4.90 Å². The molecule has 0 unspecified atom stereocenters. The Morgan fingerprint density at radius 2 is 1.57 bits per heavy atom. The van der Waals surface area contributed by atoms with Gasteiger partial charge in [0.15, 0.2) is 5.13 Å². The fraction of sp³-hybridized carbons (Fsp3) is 0.462. The summed E-state index contributed by atoms with van der Waals surface area (Å²) in [6.45, 7) is 9.79. The zero-order valence-electron chi connectivity index (χ0n) is 22.1. The number of fused-ring (bicyclic) bond motifs is 1. The number of nitrogens with zero attached hydrogens (tertiary/aromatic N) is 4. The predicted molar refractivity (Wildman–Crippen MR) is 152 cm³/mol. The van der Waals surface area contributed by atoms with Gasteiger partial charge in [-0.25, -0.2) is 17.8 Å². The molecular formula is C26H36ClFN4O3S2. The van der Waals surface area contributed by atoms with Gasteiger partial charge in [-0.05, 0) is 68.4 Å². The monoisotopic (exact) mass is 570 g/mol. The Morgan fingerprint density at radius 3 is 2.11 bits per heavy atom. The molecule has 2 aromatic carbocycles. The standard InChI is InChI=1S/C26H35FN4O3S2.ClH/c1-18(2)16-30(17-19(3)4)36(33,34)22-10-7-20(8-11-22)25(32)31(14-13-29(5)6)26-28-23-12-9-21(27)15-24(23)35-26;/h7-12,15,18-19H,13-14,16-17H2,1-6H3;1H. The summed E-state index contributed by atoms with van der Waals surface area (Å²) < 4.78 is 42.5. The Hall–Kier alpha value is -2.11. The van der Waals surface area contributed by atoms with Crippen LogP contribution in [0.25, 0.3) is 10.2 Å². The summed E-state index contributed by atoms with van der Waals surface area (Å²) in [7, 11) is 0.133. The van der Waals surface area contributed by atoms with Gasteiger partial charge in [0, 0.05) is 31.7 Å². The number of rotatable bonds is 11. The summed E-state index contributed by atoms with van der Waals surface area (Å²) in [5, 5.41) is 0.471. The lowest BCUT2D eigenvalue weighted by Crippen LogP contribution is -2.37. The highest BCUT2D eigenvalue weighted by atomic mass is 35.5. The highest BCUT2D eigenvalue weighted by Crippen LogP contribution is 2.30. The number of hydrogen-bond acceptors (Lipinski definition) is 6. The highest BCUT2D eigenvalue weighted by Gasteiger charge is 2.27. The van der Waals surface area contributed by atoms with Crippen molar-refractivity contribution in [3.63, 3.8) is 0 Å². The lowest BCUT2D eigenvalue weighted by atomic mass is 10.2. The quantitative estimate of drug-likeness (QED) is 0.310. The van der Waals surface area contributed by atoms with Gasteiger partial charge >= 0.3 is 0 Å². The van der Waals surface area contributed by atoms with Crippen LogP contribution in [-0.4, -0.2) is 68.8 Å². The second-order valence-electron chi connectivity index (χ2n) is 10.0. The van der Waals surface area contributed by atoms with E-state index in [1.54, 1.807) is 23.1 Å². The molecule has 37 heavy (non-hydrogen) atoms. The number of amides is 1. The van der Waals surface area contributed by atoms with Gasteiger partial charge in [-0.1, -0.05) is 39.0 Å². The Balaban J connectivity index is 0.00000481.